The quantitative estimate of drug-likeness (QED) is 0.752. The predicted molar refractivity (Wildman–Crippen MR) is 64.6 cm³/mol. The summed E-state index contributed by atoms with van der Waals surface area (Å²) in [5.74, 6) is 0.154. The van der Waals surface area contributed by atoms with E-state index < -0.39 is 0 Å². The molecule has 2 fully saturated rings. The average Bonchev–Trinajstić information content (AvgIpc) is 2.68. The highest BCUT2D eigenvalue weighted by atomic mass is 16.2. The number of nitrogens with zero attached hydrogens (tertiary/aromatic N) is 1. The van der Waals surface area contributed by atoms with Crippen molar-refractivity contribution in [2.45, 2.75) is 30.7 Å². The Hall–Kier alpha value is -1.42. The van der Waals surface area contributed by atoms with E-state index in [2.05, 4.69) is 15.6 Å². The maximum Gasteiger partial charge on any atom is 0.228 e. The zero-order valence-electron chi connectivity index (χ0n) is 9.78. The Balaban J connectivity index is 1.82. The fourth-order valence-corrected chi connectivity index (χ4v) is 2.97. The number of piperidine rings is 1. The maximum atomic E-state index is 12.1. The van der Waals surface area contributed by atoms with Gasteiger partial charge in [0.2, 0.25) is 5.91 Å². The molecule has 2 aliphatic heterocycles. The Morgan fingerprint density at radius 2 is 2.18 bits per heavy atom. The van der Waals surface area contributed by atoms with E-state index in [9.17, 15) is 4.79 Å². The normalized spacial score (nSPS) is 27.1. The summed E-state index contributed by atoms with van der Waals surface area (Å²) in [6.45, 7) is 2.00. The van der Waals surface area contributed by atoms with Gasteiger partial charge in [0.05, 0.1) is 5.92 Å². The highest BCUT2D eigenvalue weighted by Gasteiger charge is 2.44. The minimum Gasteiger partial charge on any atom is -0.350 e. The fourth-order valence-electron chi connectivity index (χ4n) is 2.97. The van der Waals surface area contributed by atoms with Crippen LogP contribution in [0.3, 0.4) is 0 Å². The lowest BCUT2D eigenvalue weighted by atomic mass is 9.83. The Bertz CT molecular complexity index is 412. The van der Waals surface area contributed by atoms with Crippen LogP contribution in [-0.4, -0.2) is 29.5 Å². The molecule has 3 heterocycles. The van der Waals surface area contributed by atoms with Gasteiger partial charge in [0.15, 0.2) is 0 Å². The minimum absolute atomic E-state index is 0.0122. The molecule has 2 N–H and O–H groups in total. The van der Waals surface area contributed by atoms with E-state index in [0.717, 1.165) is 37.9 Å². The van der Waals surface area contributed by atoms with Crippen LogP contribution >= 0.6 is 0 Å². The van der Waals surface area contributed by atoms with E-state index in [-0.39, 0.29) is 17.4 Å². The first kappa shape index (κ1) is 10.7. The van der Waals surface area contributed by atoms with Crippen molar-refractivity contribution in [3.8, 4) is 0 Å². The van der Waals surface area contributed by atoms with E-state index in [4.69, 9.17) is 0 Å². The smallest absolute Gasteiger partial charge is 0.228 e. The van der Waals surface area contributed by atoms with Crippen LogP contribution in [0.5, 0.6) is 0 Å². The van der Waals surface area contributed by atoms with Gasteiger partial charge in [-0.1, -0.05) is 6.07 Å². The van der Waals surface area contributed by atoms with Crippen molar-refractivity contribution in [1.82, 2.24) is 15.6 Å². The lowest BCUT2D eigenvalue weighted by molar-refractivity contribution is -0.121. The van der Waals surface area contributed by atoms with Crippen LogP contribution in [0.2, 0.25) is 0 Å². The Kier molecular flexibility index (Phi) is 2.59. The van der Waals surface area contributed by atoms with Gasteiger partial charge in [0.1, 0.15) is 0 Å². The first-order valence-electron chi connectivity index (χ1n) is 6.22. The van der Waals surface area contributed by atoms with Crippen molar-refractivity contribution in [3.05, 3.63) is 30.1 Å². The second-order valence-corrected chi connectivity index (χ2v) is 5.06. The highest BCUT2D eigenvalue weighted by Crippen LogP contribution is 2.37. The maximum absolute atomic E-state index is 12.1. The summed E-state index contributed by atoms with van der Waals surface area (Å²) in [7, 11) is 0. The van der Waals surface area contributed by atoms with Gasteiger partial charge in [-0.05, 0) is 44.0 Å². The number of hydrogen-bond acceptors (Lipinski definition) is 3. The van der Waals surface area contributed by atoms with Gasteiger partial charge in [-0.25, -0.2) is 0 Å². The third kappa shape index (κ3) is 1.93. The lowest BCUT2D eigenvalue weighted by Gasteiger charge is -2.33. The molecule has 2 saturated heterocycles. The molecule has 1 aromatic heterocycles. The van der Waals surface area contributed by atoms with E-state index in [1.165, 1.54) is 0 Å². The molecule has 1 spiro atoms. The third-order valence-electron chi connectivity index (χ3n) is 3.95. The van der Waals surface area contributed by atoms with E-state index in [0.29, 0.717) is 0 Å². The number of pyridine rings is 1. The largest absolute Gasteiger partial charge is 0.350 e. The molecule has 0 aromatic carbocycles. The molecule has 1 amide bonds. The molecule has 17 heavy (non-hydrogen) atoms. The van der Waals surface area contributed by atoms with Crippen LogP contribution in [0.25, 0.3) is 0 Å². The van der Waals surface area contributed by atoms with Crippen LogP contribution < -0.4 is 10.6 Å². The van der Waals surface area contributed by atoms with E-state index >= 15 is 0 Å². The van der Waals surface area contributed by atoms with Gasteiger partial charge in [-0.2, -0.15) is 0 Å². The molecule has 4 heteroatoms. The Morgan fingerprint density at radius 3 is 2.88 bits per heavy atom. The Morgan fingerprint density at radius 1 is 1.35 bits per heavy atom. The zero-order valence-corrected chi connectivity index (χ0v) is 9.78. The number of aromatic nitrogens is 1. The molecular formula is C13H17N3O. The summed E-state index contributed by atoms with van der Waals surface area (Å²) < 4.78 is 0. The second kappa shape index (κ2) is 4.11. The van der Waals surface area contributed by atoms with Crippen LogP contribution in [0.4, 0.5) is 0 Å². The number of nitrogens with one attached hydrogen (secondary N) is 2. The molecule has 2 aliphatic rings. The molecule has 0 unspecified atom stereocenters. The lowest BCUT2D eigenvalue weighted by Crippen LogP contribution is -2.49. The van der Waals surface area contributed by atoms with Crippen molar-refractivity contribution < 1.29 is 4.79 Å². The summed E-state index contributed by atoms with van der Waals surface area (Å²) in [5.41, 5.74) is 1.07. The highest BCUT2D eigenvalue weighted by molar-refractivity contribution is 5.87. The summed E-state index contributed by atoms with van der Waals surface area (Å²) in [6.07, 6.45) is 6.55. The first-order valence-corrected chi connectivity index (χ1v) is 6.22. The summed E-state index contributed by atoms with van der Waals surface area (Å²) in [4.78, 5) is 16.2. The van der Waals surface area contributed by atoms with Gasteiger partial charge in [0.25, 0.3) is 0 Å². The third-order valence-corrected chi connectivity index (χ3v) is 3.95. The average molecular weight is 231 g/mol. The first-order chi connectivity index (χ1) is 8.29. The van der Waals surface area contributed by atoms with Crippen LogP contribution in [0.1, 0.15) is 30.7 Å². The summed E-state index contributed by atoms with van der Waals surface area (Å²) in [6, 6.07) is 3.90. The van der Waals surface area contributed by atoms with Crippen molar-refractivity contribution >= 4 is 5.91 Å². The molecule has 0 bridgehead atoms. The van der Waals surface area contributed by atoms with Crippen molar-refractivity contribution in [2.75, 3.05) is 13.1 Å². The number of rotatable bonds is 1. The molecule has 0 aliphatic carbocycles. The molecule has 0 radical (unpaired) electrons. The molecular weight excluding hydrogens is 214 g/mol. The number of amides is 1. The SMILES string of the molecule is O=C1NC2(CCNCC2)C[C@H]1c1cccnc1. The Labute approximate surface area is 101 Å². The predicted octanol–water partition coefficient (Wildman–Crippen LogP) is 0.807. The van der Waals surface area contributed by atoms with Gasteiger partial charge in [-0.15, -0.1) is 0 Å². The summed E-state index contributed by atoms with van der Waals surface area (Å²) in [5, 5.41) is 6.55. The molecule has 3 rings (SSSR count). The van der Waals surface area contributed by atoms with Crippen molar-refractivity contribution in [3.63, 3.8) is 0 Å². The molecule has 1 aromatic rings. The monoisotopic (exact) mass is 231 g/mol. The molecule has 4 nitrogen and oxygen atoms in total. The topological polar surface area (TPSA) is 54.0 Å². The second-order valence-electron chi connectivity index (χ2n) is 5.06. The minimum atomic E-state index is -0.0122. The summed E-state index contributed by atoms with van der Waals surface area (Å²) >= 11 is 0. The molecule has 90 valence electrons. The zero-order chi connectivity index (χ0) is 11.7. The van der Waals surface area contributed by atoms with Gasteiger partial charge >= 0.3 is 0 Å². The van der Waals surface area contributed by atoms with Gasteiger partial charge < -0.3 is 10.6 Å². The molecule has 0 saturated carbocycles. The van der Waals surface area contributed by atoms with E-state index in [1.54, 1.807) is 6.20 Å². The van der Waals surface area contributed by atoms with Crippen molar-refractivity contribution in [1.29, 1.82) is 0 Å². The molecule has 1 atom stereocenters. The van der Waals surface area contributed by atoms with Gasteiger partial charge in [-0.3, -0.25) is 9.78 Å². The van der Waals surface area contributed by atoms with Gasteiger partial charge in [0, 0.05) is 17.9 Å². The standard InChI is InChI=1S/C13H17N3O/c17-12-11(10-2-1-5-15-9-10)8-13(16-12)3-6-14-7-4-13/h1-2,5,9,11,14H,3-4,6-8H2,(H,16,17)/t11-/m0/s1. The number of hydrogen-bond donors (Lipinski definition) is 2. The van der Waals surface area contributed by atoms with Crippen molar-refractivity contribution in [2.24, 2.45) is 0 Å². The van der Waals surface area contributed by atoms with E-state index in [1.807, 2.05) is 18.3 Å². The van der Waals surface area contributed by atoms with Crippen LogP contribution in [0, 0.1) is 0 Å². The van der Waals surface area contributed by atoms with Crippen LogP contribution in [-0.2, 0) is 4.79 Å². The fraction of sp³-hybridized carbons (Fsp3) is 0.538. The number of carbonyl (C=O) groups excluding carboxylic acids is 1. The van der Waals surface area contributed by atoms with Crippen LogP contribution in [0.15, 0.2) is 24.5 Å². The number of carbonyl (C=O) groups is 1.